The number of carbonyl (C=O) groups excluding carboxylic acids is 1. The van der Waals surface area contributed by atoms with Gasteiger partial charge in [0.05, 0.1) is 18.1 Å². The van der Waals surface area contributed by atoms with Gasteiger partial charge in [-0.05, 0) is 70.4 Å². The second-order valence-corrected chi connectivity index (χ2v) is 8.10. The molecule has 0 fully saturated rings. The molecule has 0 aromatic carbocycles. The lowest BCUT2D eigenvalue weighted by Crippen LogP contribution is -2.12. The van der Waals surface area contributed by atoms with Crippen LogP contribution in [0, 0.1) is 5.92 Å². The highest BCUT2D eigenvalue weighted by Gasteiger charge is 2.31. The van der Waals surface area contributed by atoms with Crippen molar-refractivity contribution in [1.29, 1.82) is 0 Å². The molecule has 1 N–H and O–H groups in total. The number of hydrogen-bond acceptors (Lipinski definition) is 4. The van der Waals surface area contributed by atoms with E-state index in [2.05, 4.69) is 38.2 Å². The molecule has 0 amide bonds. The number of ether oxygens (including phenoxy) is 1. The van der Waals surface area contributed by atoms with Crippen LogP contribution in [0.4, 0.5) is 0 Å². The van der Waals surface area contributed by atoms with Gasteiger partial charge in [0.25, 0.3) is 0 Å². The van der Waals surface area contributed by atoms with Gasteiger partial charge in [0.2, 0.25) is 0 Å². The highest BCUT2D eigenvalue weighted by atomic mass is 16.6. The molecule has 2 atom stereocenters. The van der Waals surface area contributed by atoms with Crippen molar-refractivity contribution < 1.29 is 19.1 Å². The van der Waals surface area contributed by atoms with Crippen molar-refractivity contribution in [1.82, 2.24) is 0 Å². The molecule has 0 bridgehead atoms. The molecule has 4 heteroatoms. The van der Waals surface area contributed by atoms with Gasteiger partial charge < -0.3 is 14.3 Å². The van der Waals surface area contributed by atoms with Crippen LogP contribution in [-0.2, 0) is 16.0 Å². The van der Waals surface area contributed by atoms with Crippen LogP contribution in [0.5, 0.6) is 0 Å². The zero-order chi connectivity index (χ0) is 21.2. The van der Waals surface area contributed by atoms with Gasteiger partial charge in [0.15, 0.2) is 6.10 Å². The number of esters is 1. The lowest BCUT2D eigenvalue weighted by molar-refractivity contribution is -0.140. The molecule has 0 saturated carbocycles. The van der Waals surface area contributed by atoms with Gasteiger partial charge in [0.1, 0.15) is 5.76 Å². The Labute approximate surface area is 174 Å². The molecule has 1 aromatic heterocycles. The maximum absolute atomic E-state index is 11.5. The Kier molecular flexibility index (Phi) is 9.04. The van der Waals surface area contributed by atoms with E-state index in [-0.39, 0.29) is 5.76 Å². The van der Waals surface area contributed by atoms with Gasteiger partial charge in [-0.1, -0.05) is 42.4 Å². The number of furan rings is 1. The van der Waals surface area contributed by atoms with Crippen molar-refractivity contribution in [3.63, 3.8) is 0 Å². The van der Waals surface area contributed by atoms with Crippen LogP contribution < -0.4 is 0 Å². The van der Waals surface area contributed by atoms with E-state index in [0.29, 0.717) is 17.9 Å². The molecule has 158 valence electrons. The predicted octanol–water partition coefficient (Wildman–Crippen LogP) is 6.61. The summed E-state index contributed by atoms with van der Waals surface area (Å²) in [4.78, 5) is 11.5. The SMILES string of the molecule is CC(=CC=CC(C)CCC=C(C)CC1OC(=O)C(C)=C1O)CCCc1ccoc1. The Morgan fingerprint density at radius 3 is 2.76 bits per heavy atom. The summed E-state index contributed by atoms with van der Waals surface area (Å²) >= 11 is 0. The first-order valence-electron chi connectivity index (χ1n) is 10.5. The van der Waals surface area contributed by atoms with Gasteiger partial charge in [-0.2, -0.15) is 0 Å². The maximum atomic E-state index is 11.5. The Hall–Kier alpha value is -2.49. The second kappa shape index (κ2) is 11.5. The van der Waals surface area contributed by atoms with Crippen molar-refractivity contribution >= 4 is 5.97 Å². The molecule has 4 nitrogen and oxygen atoms in total. The van der Waals surface area contributed by atoms with Crippen molar-refractivity contribution in [2.24, 2.45) is 5.92 Å². The van der Waals surface area contributed by atoms with Crippen LogP contribution in [0.1, 0.15) is 65.4 Å². The number of aryl methyl sites for hydroxylation is 1. The molecule has 0 aliphatic carbocycles. The van der Waals surface area contributed by atoms with Crippen LogP contribution in [0.2, 0.25) is 0 Å². The molecule has 0 radical (unpaired) electrons. The molecule has 2 unspecified atom stereocenters. The zero-order valence-electron chi connectivity index (χ0n) is 18.1. The van der Waals surface area contributed by atoms with E-state index < -0.39 is 12.1 Å². The Morgan fingerprint density at radius 2 is 2.10 bits per heavy atom. The smallest absolute Gasteiger partial charge is 0.338 e. The van der Waals surface area contributed by atoms with Gasteiger partial charge in [-0.3, -0.25) is 0 Å². The number of allylic oxidation sites excluding steroid dienone is 5. The number of hydrogen-bond donors (Lipinski definition) is 1. The van der Waals surface area contributed by atoms with Crippen LogP contribution >= 0.6 is 0 Å². The third-order valence-corrected chi connectivity index (χ3v) is 5.30. The fourth-order valence-corrected chi connectivity index (χ4v) is 3.32. The van der Waals surface area contributed by atoms with Crippen molar-refractivity contribution in [3.05, 3.63) is 70.9 Å². The van der Waals surface area contributed by atoms with E-state index in [0.717, 1.165) is 37.7 Å². The highest BCUT2D eigenvalue weighted by molar-refractivity contribution is 5.91. The normalized spacial score (nSPS) is 19.3. The number of aliphatic hydroxyl groups is 1. The fourth-order valence-electron chi connectivity index (χ4n) is 3.32. The van der Waals surface area contributed by atoms with Crippen LogP contribution in [0.3, 0.4) is 0 Å². The van der Waals surface area contributed by atoms with E-state index in [1.54, 1.807) is 13.2 Å². The Bertz CT molecular complexity index is 778. The minimum absolute atomic E-state index is 0.0750. The third kappa shape index (κ3) is 7.80. The van der Waals surface area contributed by atoms with E-state index in [4.69, 9.17) is 9.15 Å². The lowest BCUT2D eigenvalue weighted by Gasteiger charge is -2.11. The quantitative estimate of drug-likeness (QED) is 0.259. The second-order valence-electron chi connectivity index (χ2n) is 8.10. The fraction of sp³-hybridized carbons (Fsp3) is 0.480. The minimum Gasteiger partial charge on any atom is -0.508 e. The van der Waals surface area contributed by atoms with Gasteiger partial charge in [-0.25, -0.2) is 4.79 Å². The van der Waals surface area contributed by atoms with Crippen molar-refractivity contribution in [3.8, 4) is 0 Å². The Balaban J connectivity index is 1.65. The predicted molar refractivity (Wildman–Crippen MR) is 117 cm³/mol. The summed E-state index contributed by atoms with van der Waals surface area (Å²) in [5.74, 6) is 0.156. The molecule has 29 heavy (non-hydrogen) atoms. The summed E-state index contributed by atoms with van der Waals surface area (Å²) in [6.45, 7) is 8.02. The molecule has 0 saturated heterocycles. The maximum Gasteiger partial charge on any atom is 0.338 e. The van der Waals surface area contributed by atoms with Gasteiger partial charge >= 0.3 is 5.97 Å². The van der Waals surface area contributed by atoms with E-state index in [1.807, 2.05) is 19.3 Å². The summed E-state index contributed by atoms with van der Waals surface area (Å²) in [6, 6.07) is 2.03. The molecule has 1 aliphatic rings. The molecule has 2 heterocycles. The average Bonchev–Trinajstić information content (AvgIpc) is 3.27. The van der Waals surface area contributed by atoms with Crippen LogP contribution in [-0.4, -0.2) is 17.2 Å². The minimum atomic E-state index is -0.516. The standard InChI is InChI=1S/C25H34O4/c1-18(8-5-9-19(2)11-7-13-22-14-15-28-17-22)10-6-12-20(3)16-23-24(26)21(4)25(27)29-23/h5,8-9,12,14-15,17-18,23,26H,6-7,10-11,13,16H2,1-4H3. The van der Waals surface area contributed by atoms with Crippen LogP contribution in [0.25, 0.3) is 0 Å². The lowest BCUT2D eigenvalue weighted by atomic mass is 10.0. The largest absolute Gasteiger partial charge is 0.508 e. The molecule has 2 rings (SSSR count). The summed E-state index contributed by atoms with van der Waals surface area (Å²) in [6.07, 6.45) is 17.7. The first-order chi connectivity index (χ1) is 13.9. The van der Waals surface area contributed by atoms with E-state index in [1.165, 1.54) is 11.1 Å². The number of aliphatic hydroxyl groups excluding tert-OH is 1. The van der Waals surface area contributed by atoms with Crippen molar-refractivity contribution in [2.75, 3.05) is 0 Å². The molecule has 0 spiro atoms. The summed E-state index contributed by atoms with van der Waals surface area (Å²) in [5.41, 5.74) is 4.11. The first kappa shape index (κ1) is 22.8. The molecule has 1 aromatic rings. The summed E-state index contributed by atoms with van der Waals surface area (Å²) < 4.78 is 10.3. The third-order valence-electron chi connectivity index (χ3n) is 5.30. The van der Waals surface area contributed by atoms with Crippen LogP contribution in [0.15, 0.2) is 69.8 Å². The summed E-state index contributed by atoms with van der Waals surface area (Å²) in [7, 11) is 0. The molecule has 1 aliphatic heterocycles. The van der Waals surface area contributed by atoms with Gasteiger partial charge in [0, 0.05) is 6.42 Å². The Morgan fingerprint density at radius 1 is 1.31 bits per heavy atom. The van der Waals surface area contributed by atoms with E-state index >= 15 is 0 Å². The van der Waals surface area contributed by atoms with Crippen molar-refractivity contribution in [2.45, 2.75) is 72.3 Å². The summed E-state index contributed by atoms with van der Waals surface area (Å²) in [5, 5.41) is 9.92. The zero-order valence-corrected chi connectivity index (χ0v) is 18.1. The monoisotopic (exact) mass is 398 g/mol. The number of cyclic esters (lactones) is 1. The average molecular weight is 399 g/mol. The topological polar surface area (TPSA) is 59.7 Å². The number of carbonyl (C=O) groups is 1. The first-order valence-corrected chi connectivity index (χ1v) is 10.5. The van der Waals surface area contributed by atoms with E-state index in [9.17, 15) is 9.90 Å². The van der Waals surface area contributed by atoms with Gasteiger partial charge in [-0.15, -0.1) is 0 Å². The highest BCUT2D eigenvalue weighted by Crippen LogP contribution is 2.25. The molecular formula is C25H34O4. The number of rotatable bonds is 11. The molecular weight excluding hydrogens is 364 g/mol.